The van der Waals surface area contributed by atoms with E-state index in [-0.39, 0.29) is 0 Å². The molecule has 0 aromatic heterocycles. The molecule has 0 bridgehead atoms. The molecule has 2 atom stereocenters. The number of rotatable bonds is 7. The highest BCUT2D eigenvalue weighted by atomic mass is 32.2. The minimum atomic E-state index is -0.769. The second-order valence-corrected chi connectivity index (χ2v) is 5.87. The minimum absolute atomic E-state index is 0.340. The van der Waals surface area contributed by atoms with Crippen LogP contribution in [0.15, 0.2) is 24.3 Å². The number of hydrogen-bond donors (Lipinski definition) is 1. The molecule has 0 heterocycles. The molecule has 3 nitrogen and oxygen atoms in total. The Morgan fingerprint density at radius 1 is 1.35 bits per heavy atom. The third-order valence-electron chi connectivity index (χ3n) is 2.65. The van der Waals surface area contributed by atoms with Gasteiger partial charge in [-0.15, -0.1) is 0 Å². The minimum Gasteiger partial charge on any atom is -0.497 e. The summed E-state index contributed by atoms with van der Waals surface area (Å²) in [6.45, 7) is 2.64. The molecule has 1 aromatic carbocycles. The van der Waals surface area contributed by atoms with Gasteiger partial charge in [0.1, 0.15) is 5.75 Å². The van der Waals surface area contributed by atoms with E-state index in [2.05, 4.69) is 0 Å². The van der Waals surface area contributed by atoms with Gasteiger partial charge < -0.3 is 10.5 Å². The van der Waals surface area contributed by atoms with Crippen molar-refractivity contribution in [2.75, 3.05) is 25.2 Å². The van der Waals surface area contributed by atoms with Crippen molar-refractivity contribution in [3.8, 4) is 5.75 Å². The normalized spacial score (nSPS) is 14.3. The topological polar surface area (TPSA) is 52.3 Å². The van der Waals surface area contributed by atoms with Crippen molar-refractivity contribution in [2.24, 2.45) is 11.7 Å². The average molecular weight is 255 g/mol. The Bertz CT molecular complexity index is 351. The predicted molar refractivity (Wildman–Crippen MR) is 72.8 cm³/mol. The highest BCUT2D eigenvalue weighted by molar-refractivity contribution is 7.84. The maximum Gasteiger partial charge on any atom is 0.118 e. The van der Waals surface area contributed by atoms with Crippen LogP contribution in [0.3, 0.4) is 0 Å². The number of hydrogen-bond acceptors (Lipinski definition) is 3. The van der Waals surface area contributed by atoms with Crippen molar-refractivity contribution < 1.29 is 8.95 Å². The van der Waals surface area contributed by atoms with Crippen molar-refractivity contribution in [1.82, 2.24) is 0 Å². The van der Waals surface area contributed by atoms with Crippen molar-refractivity contribution in [2.45, 2.75) is 13.3 Å². The molecule has 0 saturated carbocycles. The molecule has 17 heavy (non-hydrogen) atoms. The summed E-state index contributed by atoms with van der Waals surface area (Å²) in [7, 11) is 0.882. The zero-order chi connectivity index (χ0) is 12.7. The SMILES string of the molecule is COc1ccc(CCS(=O)CC(C)CN)cc1. The fraction of sp³-hybridized carbons (Fsp3) is 0.538. The molecule has 0 aliphatic heterocycles. The first-order chi connectivity index (χ1) is 8.15. The van der Waals surface area contributed by atoms with Gasteiger partial charge in [-0.3, -0.25) is 4.21 Å². The van der Waals surface area contributed by atoms with Gasteiger partial charge >= 0.3 is 0 Å². The number of methoxy groups -OCH3 is 1. The number of aryl methyl sites for hydroxylation is 1. The van der Waals surface area contributed by atoms with E-state index >= 15 is 0 Å². The van der Waals surface area contributed by atoms with Crippen LogP contribution < -0.4 is 10.5 Å². The number of ether oxygens (including phenoxy) is 1. The van der Waals surface area contributed by atoms with Crippen molar-refractivity contribution in [3.63, 3.8) is 0 Å². The summed E-state index contributed by atoms with van der Waals surface area (Å²) in [5.41, 5.74) is 6.71. The van der Waals surface area contributed by atoms with Gasteiger partial charge in [-0.05, 0) is 36.6 Å². The van der Waals surface area contributed by atoms with Gasteiger partial charge in [0.2, 0.25) is 0 Å². The van der Waals surface area contributed by atoms with Crippen LogP contribution in [0.25, 0.3) is 0 Å². The Labute approximate surface area is 106 Å². The maximum atomic E-state index is 11.7. The van der Waals surface area contributed by atoms with E-state index in [0.29, 0.717) is 24.0 Å². The van der Waals surface area contributed by atoms with Crippen molar-refractivity contribution >= 4 is 10.8 Å². The second kappa shape index (κ2) is 7.45. The predicted octanol–water partition coefficient (Wildman–Crippen LogP) is 1.58. The zero-order valence-electron chi connectivity index (χ0n) is 10.5. The molecule has 96 valence electrons. The van der Waals surface area contributed by atoms with Gasteiger partial charge in [-0.25, -0.2) is 0 Å². The van der Waals surface area contributed by atoms with E-state index in [9.17, 15) is 4.21 Å². The molecule has 2 unspecified atom stereocenters. The van der Waals surface area contributed by atoms with Gasteiger partial charge in [0.05, 0.1) is 7.11 Å². The lowest BCUT2D eigenvalue weighted by molar-refractivity contribution is 0.414. The molecule has 0 aliphatic carbocycles. The lowest BCUT2D eigenvalue weighted by Crippen LogP contribution is -2.19. The van der Waals surface area contributed by atoms with Gasteiger partial charge in [0.15, 0.2) is 0 Å². The standard InChI is InChI=1S/C13H21NO2S/c1-11(9-14)10-17(15)8-7-12-3-5-13(16-2)6-4-12/h3-6,11H,7-10,14H2,1-2H3. The van der Waals surface area contributed by atoms with Gasteiger partial charge in [0, 0.05) is 22.3 Å². The third kappa shape index (κ3) is 5.33. The van der Waals surface area contributed by atoms with Crippen LogP contribution in [-0.2, 0) is 17.2 Å². The van der Waals surface area contributed by atoms with E-state index in [4.69, 9.17) is 10.5 Å². The first-order valence-electron chi connectivity index (χ1n) is 5.83. The largest absolute Gasteiger partial charge is 0.497 e. The van der Waals surface area contributed by atoms with Crippen LogP contribution in [0, 0.1) is 5.92 Å². The van der Waals surface area contributed by atoms with E-state index in [1.54, 1.807) is 7.11 Å². The highest BCUT2D eigenvalue weighted by Crippen LogP contribution is 2.12. The first-order valence-corrected chi connectivity index (χ1v) is 7.32. The lowest BCUT2D eigenvalue weighted by atomic mass is 10.2. The van der Waals surface area contributed by atoms with Crippen molar-refractivity contribution in [3.05, 3.63) is 29.8 Å². The fourth-order valence-corrected chi connectivity index (χ4v) is 2.89. The molecule has 1 rings (SSSR count). The summed E-state index contributed by atoms with van der Waals surface area (Å²) in [6.07, 6.45) is 0.841. The molecule has 0 amide bonds. The quantitative estimate of drug-likeness (QED) is 0.805. The van der Waals surface area contributed by atoms with Crippen LogP contribution in [0.5, 0.6) is 5.75 Å². The lowest BCUT2D eigenvalue weighted by Gasteiger charge is -2.08. The van der Waals surface area contributed by atoms with E-state index < -0.39 is 10.8 Å². The van der Waals surface area contributed by atoms with Crippen LogP contribution in [0.1, 0.15) is 12.5 Å². The van der Waals surface area contributed by atoms with Gasteiger partial charge in [-0.1, -0.05) is 19.1 Å². The Morgan fingerprint density at radius 3 is 2.53 bits per heavy atom. The highest BCUT2D eigenvalue weighted by Gasteiger charge is 2.06. The molecule has 4 heteroatoms. The van der Waals surface area contributed by atoms with Crippen molar-refractivity contribution in [1.29, 1.82) is 0 Å². The van der Waals surface area contributed by atoms with Gasteiger partial charge in [-0.2, -0.15) is 0 Å². The molecule has 1 aromatic rings. The van der Waals surface area contributed by atoms with E-state index in [1.807, 2.05) is 31.2 Å². The number of benzene rings is 1. The molecular weight excluding hydrogens is 234 g/mol. The second-order valence-electron chi connectivity index (χ2n) is 4.25. The molecule has 0 spiro atoms. The van der Waals surface area contributed by atoms with Crippen LogP contribution in [0.2, 0.25) is 0 Å². The fourth-order valence-electron chi connectivity index (χ4n) is 1.49. The monoisotopic (exact) mass is 255 g/mol. The summed E-state index contributed by atoms with van der Waals surface area (Å²) >= 11 is 0. The average Bonchev–Trinajstić information content (AvgIpc) is 2.36. The van der Waals surface area contributed by atoms with E-state index in [0.717, 1.165) is 12.2 Å². The first kappa shape index (κ1) is 14.2. The molecule has 0 saturated heterocycles. The molecular formula is C13H21NO2S. The van der Waals surface area contributed by atoms with Crippen LogP contribution in [0.4, 0.5) is 0 Å². The zero-order valence-corrected chi connectivity index (χ0v) is 11.3. The summed E-state index contributed by atoms with van der Waals surface area (Å²) < 4.78 is 16.8. The van der Waals surface area contributed by atoms with Gasteiger partial charge in [0.25, 0.3) is 0 Å². The Morgan fingerprint density at radius 2 is 2.00 bits per heavy atom. The summed E-state index contributed by atoms with van der Waals surface area (Å²) in [6, 6.07) is 7.90. The Balaban J connectivity index is 2.36. The third-order valence-corrected chi connectivity index (χ3v) is 4.25. The van der Waals surface area contributed by atoms with E-state index in [1.165, 1.54) is 5.56 Å². The summed E-state index contributed by atoms with van der Waals surface area (Å²) in [5, 5.41) is 0. The Kier molecular flexibility index (Phi) is 6.22. The summed E-state index contributed by atoms with van der Waals surface area (Å²) in [4.78, 5) is 0. The Hall–Kier alpha value is -0.870. The summed E-state index contributed by atoms with van der Waals surface area (Å²) in [5.74, 6) is 2.60. The smallest absolute Gasteiger partial charge is 0.118 e. The number of nitrogens with two attached hydrogens (primary N) is 1. The van der Waals surface area contributed by atoms with Crippen LogP contribution in [-0.4, -0.2) is 29.4 Å². The maximum absolute atomic E-state index is 11.7. The molecule has 0 fully saturated rings. The molecule has 0 radical (unpaired) electrons. The molecule has 0 aliphatic rings. The van der Waals surface area contributed by atoms with Crippen LogP contribution >= 0.6 is 0 Å². The molecule has 2 N–H and O–H groups in total.